The second kappa shape index (κ2) is 14.0. The molecule has 1 amide bonds. The lowest BCUT2D eigenvalue weighted by molar-refractivity contribution is 0.101. The van der Waals surface area contributed by atoms with Gasteiger partial charge in [-0.1, -0.05) is 29.5 Å². The summed E-state index contributed by atoms with van der Waals surface area (Å²) in [5.74, 6) is -1.83. The number of halogens is 2. The molecule has 1 aliphatic rings. The fourth-order valence-electron chi connectivity index (χ4n) is 5.02. The van der Waals surface area contributed by atoms with E-state index in [1.165, 1.54) is 30.2 Å². The van der Waals surface area contributed by atoms with Crippen LogP contribution in [-0.2, 0) is 0 Å². The van der Waals surface area contributed by atoms with E-state index in [1.54, 1.807) is 36.7 Å². The molecule has 0 atom stereocenters. The Kier molecular flexibility index (Phi) is 9.41. The van der Waals surface area contributed by atoms with Crippen LogP contribution >= 0.6 is 11.3 Å². The summed E-state index contributed by atoms with van der Waals surface area (Å²) in [6.45, 7) is 3.74. The van der Waals surface area contributed by atoms with Gasteiger partial charge >= 0.3 is 0 Å². The lowest BCUT2D eigenvalue weighted by Crippen LogP contribution is -2.25. The van der Waals surface area contributed by atoms with Crippen molar-refractivity contribution >= 4 is 39.7 Å². The van der Waals surface area contributed by atoms with Gasteiger partial charge in [-0.15, -0.1) is 0 Å². The molecule has 13 heteroatoms. The summed E-state index contributed by atoms with van der Waals surface area (Å²) in [7, 11) is 3.79. The van der Waals surface area contributed by atoms with Crippen LogP contribution in [0.3, 0.4) is 0 Å². The lowest BCUT2D eigenvalue weighted by atomic mass is 10.1. The van der Waals surface area contributed by atoms with Gasteiger partial charge in [-0.2, -0.15) is 0 Å². The van der Waals surface area contributed by atoms with Crippen LogP contribution in [0.25, 0.3) is 21.8 Å². The van der Waals surface area contributed by atoms with Crippen LogP contribution in [0.15, 0.2) is 73.1 Å². The van der Waals surface area contributed by atoms with E-state index in [9.17, 15) is 13.6 Å². The molecule has 46 heavy (non-hydrogen) atoms. The molecule has 10 nitrogen and oxygen atoms in total. The van der Waals surface area contributed by atoms with Crippen molar-refractivity contribution in [3.8, 4) is 27.7 Å². The van der Waals surface area contributed by atoms with E-state index in [0.717, 1.165) is 41.8 Å². The molecule has 2 N–H and O–H groups in total. The lowest BCUT2D eigenvalue weighted by Gasteiger charge is -2.14. The first-order valence-corrected chi connectivity index (χ1v) is 15.6. The number of carbonyl (C=O) groups is 1. The van der Waals surface area contributed by atoms with Crippen molar-refractivity contribution in [2.24, 2.45) is 0 Å². The third-order valence-corrected chi connectivity index (χ3v) is 8.56. The van der Waals surface area contributed by atoms with Crippen LogP contribution < -0.4 is 20.3 Å². The number of anilines is 4. The molecule has 3 aromatic heterocycles. The normalized spacial score (nSPS) is 13.0. The molecular formula is C33H32F2N8O2S. The largest absolute Gasteiger partial charge is 0.476 e. The molecule has 0 saturated carbocycles. The highest BCUT2D eigenvalue weighted by Crippen LogP contribution is 2.40. The van der Waals surface area contributed by atoms with E-state index in [2.05, 4.69) is 25.5 Å². The second-order valence-electron chi connectivity index (χ2n) is 10.9. The SMILES string of the molecule is CN(C)c1nc(-c2cccc(NC(=O)c3c(F)cccc3F)c2)c(-c2ccnc(Nc3ccc(OCCN4CCCC4)nc3)n2)s1. The van der Waals surface area contributed by atoms with Crippen molar-refractivity contribution in [3.63, 3.8) is 0 Å². The van der Waals surface area contributed by atoms with Crippen LogP contribution in [0, 0.1) is 11.6 Å². The minimum Gasteiger partial charge on any atom is -0.476 e. The van der Waals surface area contributed by atoms with Gasteiger partial charge in [0, 0.05) is 44.2 Å². The van der Waals surface area contributed by atoms with Gasteiger partial charge in [0.2, 0.25) is 11.8 Å². The Balaban J connectivity index is 1.20. The number of carbonyl (C=O) groups excluding carboxylic acids is 1. The minimum absolute atomic E-state index is 0.358. The number of nitrogens with zero attached hydrogens (tertiary/aromatic N) is 6. The number of rotatable bonds is 11. The maximum atomic E-state index is 14.2. The van der Waals surface area contributed by atoms with Crippen molar-refractivity contribution in [3.05, 3.63) is 90.3 Å². The molecule has 2 aromatic carbocycles. The number of hydrogen-bond acceptors (Lipinski definition) is 10. The monoisotopic (exact) mass is 642 g/mol. The predicted octanol–water partition coefficient (Wildman–Crippen LogP) is 6.48. The van der Waals surface area contributed by atoms with Gasteiger partial charge in [-0.3, -0.25) is 9.69 Å². The molecule has 1 fully saturated rings. The van der Waals surface area contributed by atoms with Gasteiger partial charge in [0.1, 0.15) is 23.8 Å². The molecule has 0 spiro atoms. The highest BCUT2D eigenvalue weighted by molar-refractivity contribution is 7.19. The zero-order valence-corrected chi connectivity index (χ0v) is 26.2. The van der Waals surface area contributed by atoms with Gasteiger partial charge in [0.25, 0.3) is 5.91 Å². The van der Waals surface area contributed by atoms with E-state index >= 15 is 0 Å². The Bertz CT molecular complexity index is 1810. The smallest absolute Gasteiger partial charge is 0.261 e. The summed E-state index contributed by atoms with van der Waals surface area (Å²) in [6.07, 6.45) is 5.83. The first kappa shape index (κ1) is 31.0. The average Bonchev–Trinajstić information content (AvgIpc) is 3.73. The predicted molar refractivity (Wildman–Crippen MR) is 176 cm³/mol. The number of hydrogen-bond donors (Lipinski definition) is 2. The quantitative estimate of drug-likeness (QED) is 0.167. The maximum absolute atomic E-state index is 14.2. The number of thiazole rings is 1. The van der Waals surface area contributed by atoms with Crippen molar-refractivity contribution in [2.75, 3.05) is 55.9 Å². The zero-order chi connectivity index (χ0) is 32.0. The van der Waals surface area contributed by atoms with Crippen molar-refractivity contribution in [2.45, 2.75) is 12.8 Å². The van der Waals surface area contributed by atoms with E-state index in [-0.39, 0.29) is 0 Å². The molecule has 6 rings (SSSR count). The summed E-state index contributed by atoms with van der Waals surface area (Å²) >= 11 is 1.45. The molecule has 1 aliphatic heterocycles. The Morgan fingerprint density at radius 3 is 2.50 bits per heavy atom. The second-order valence-corrected chi connectivity index (χ2v) is 11.9. The van der Waals surface area contributed by atoms with E-state index in [0.29, 0.717) is 46.8 Å². The Hall–Kier alpha value is -5.01. The fraction of sp³-hybridized carbons (Fsp3) is 0.242. The van der Waals surface area contributed by atoms with Crippen molar-refractivity contribution < 1.29 is 18.3 Å². The minimum atomic E-state index is -0.938. The summed E-state index contributed by atoms with van der Waals surface area (Å²) in [4.78, 5) is 36.2. The van der Waals surface area contributed by atoms with Crippen LogP contribution in [0.1, 0.15) is 23.2 Å². The summed E-state index contributed by atoms with van der Waals surface area (Å²) in [5, 5.41) is 6.54. The van der Waals surface area contributed by atoms with Crippen molar-refractivity contribution in [1.29, 1.82) is 0 Å². The summed E-state index contributed by atoms with van der Waals surface area (Å²) < 4.78 is 34.2. The molecule has 0 bridgehead atoms. The number of ether oxygens (including phenoxy) is 1. The molecule has 236 valence electrons. The van der Waals surface area contributed by atoms with Crippen LogP contribution in [0.4, 0.5) is 31.2 Å². The highest BCUT2D eigenvalue weighted by Gasteiger charge is 2.20. The van der Waals surface area contributed by atoms with Crippen LogP contribution in [0.2, 0.25) is 0 Å². The van der Waals surface area contributed by atoms with E-state index in [1.807, 2.05) is 37.2 Å². The summed E-state index contributed by atoms with van der Waals surface area (Å²) in [6, 6.07) is 15.7. The number of pyridine rings is 1. The Morgan fingerprint density at radius 1 is 0.978 bits per heavy atom. The highest BCUT2D eigenvalue weighted by atomic mass is 32.1. The molecule has 1 saturated heterocycles. The van der Waals surface area contributed by atoms with Crippen molar-refractivity contribution in [1.82, 2.24) is 24.8 Å². The standard InChI is InChI=1S/C33H32F2N8O2S/c1-42(2)33-41-29(21-7-5-8-22(19-21)38-31(44)28-24(34)9-6-10-25(28)35)30(46-33)26-13-14-36-32(40-26)39-23-11-12-27(37-20-23)45-18-17-43-15-3-4-16-43/h5-14,19-20H,3-4,15-18H2,1-2H3,(H,38,44)(H,36,39,40). The fourth-order valence-corrected chi connectivity index (χ4v) is 6.00. The average molecular weight is 643 g/mol. The Morgan fingerprint density at radius 2 is 1.76 bits per heavy atom. The third-order valence-electron chi connectivity index (χ3n) is 7.32. The molecular weight excluding hydrogens is 610 g/mol. The first-order chi connectivity index (χ1) is 22.3. The molecule has 5 aromatic rings. The maximum Gasteiger partial charge on any atom is 0.261 e. The number of aromatic nitrogens is 4. The van der Waals surface area contributed by atoms with Gasteiger partial charge in [-0.05, 0) is 62.3 Å². The van der Waals surface area contributed by atoms with Crippen LogP contribution in [-0.4, -0.2) is 71.1 Å². The van der Waals surface area contributed by atoms with Gasteiger partial charge in [-0.25, -0.2) is 28.7 Å². The number of nitrogens with one attached hydrogen (secondary N) is 2. The first-order valence-electron chi connectivity index (χ1n) is 14.8. The van der Waals surface area contributed by atoms with E-state index < -0.39 is 23.1 Å². The number of likely N-dealkylation sites (tertiary alicyclic amines) is 1. The van der Waals surface area contributed by atoms with Crippen LogP contribution in [0.5, 0.6) is 5.88 Å². The van der Waals surface area contributed by atoms with Gasteiger partial charge in [0.05, 0.1) is 28.1 Å². The summed E-state index contributed by atoms with van der Waals surface area (Å²) in [5.41, 5.74) is 2.37. The van der Waals surface area contributed by atoms with E-state index in [4.69, 9.17) is 14.7 Å². The molecule has 0 radical (unpaired) electrons. The third kappa shape index (κ3) is 7.27. The molecule has 0 aliphatic carbocycles. The zero-order valence-electron chi connectivity index (χ0n) is 25.3. The Labute approximate surface area is 269 Å². The topological polar surface area (TPSA) is 108 Å². The molecule has 0 unspecified atom stereocenters. The number of amides is 1. The number of benzene rings is 2. The van der Waals surface area contributed by atoms with Gasteiger partial charge in [0.15, 0.2) is 5.13 Å². The van der Waals surface area contributed by atoms with Gasteiger partial charge < -0.3 is 20.3 Å². The molecule has 4 heterocycles.